The number of aromatic nitrogens is 1. The molecule has 1 unspecified atom stereocenters. The smallest absolute Gasteiger partial charge is 0.416 e. The highest BCUT2D eigenvalue weighted by molar-refractivity contribution is 9.10. The molecule has 0 amide bonds. The Balaban J connectivity index is 2.18. The van der Waals surface area contributed by atoms with Crippen LogP contribution in [0.15, 0.2) is 33.4 Å². The highest BCUT2D eigenvalue weighted by atomic mass is 79.9. The number of benzene rings is 1. The van der Waals surface area contributed by atoms with E-state index in [0.717, 1.165) is 12.1 Å². The van der Waals surface area contributed by atoms with Crippen LogP contribution in [-0.2, 0) is 31.7 Å². The highest BCUT2D eigenvalue weighted by Gasteiger charge is 2.30. The van der Waals surface area contributed by atoms with Crippen molar-refractivity contribution in [3.05, 3.63) is 40.4 Å². The van der Waals surface area contributed by atoms with Crippen LogP contribution in [0.25, 0.3) is 11.3 Å². The molecular formula is C17H15BrF3NO5. The van der Waals surface area contributed by atoms with Crippen molar-refractivity contribution >= 4 is 27.9 Å². The van der Waals surface area contributed by atoms with Crippen LogP contribution < -0.4 is 0 Å². The molecule has 0 saturated heterocycles. The average Bonchev–Trinajstić information content (AvgIpc) is 2.92. The van der Waals surface area contributed by atoms with Crippen LogP contribution in [0.3, 0.4) is 0 Å². The summed E-state index contributed by atoms with van der Waals surface area (Å²) in [5.74, 6) is -0.943. The van der Waals surface area contributed by atoms with Crippen LogP contribution in [0, 0.1) is 0 Å². The Labute approximate surface area is 160 Å². The third-order valence-electron chi connectivity index (χ3n) is 3.32. The maximum atomic E-state index is 12.7. The van der Waals surface area contributed by atoms with Crippen LogP contribution >= 0.6 is 15.9 Å². The molecule has 0 aliphatic carbocycles. The first-order valence-electron chi connectivity index (χ1n) is 7.69. The number of ether oxygens (including phenoxy) is 2. The molecule has 0 aliphatic rings. The Kier molecular flexibility index (Phi) is 6.63. The molecule has 1 atom stereocenters. The lowest BCUT2D eigenvalue weighted by Crippen LogP contribution is -2.26. The van der Waals surface area contributed by atoms with Gasteiger partial charge in [0, 0.05) is 19.4 Å². The van der Waals surface area contributed by atoms with Crippen LogP contribution in [-0.4, -0.2) is 29.6 Å². The number of nitrogens with zero attached hydrogens (tertiary/aromatic N) is 1. The summed E-state index contributed by atoms with van der Waals surface area (Å²) >= 11 is 3.17. The maximum Gasteiger partial charge on any atom is 0.416 e. The number of alkyl halides is 3. The lowest BCUT2D eigenvalue weighted by Gasteiger charge is -2.14. The van der Waals surface area contributed by atoms with E-state index in [1.54, 1.807) is 0 Å². The Morgan fingerprint density at radius 1 is 1.19 bits per heavy atom. The van der Waals surface area contributed by atoms with Gasteiger partial charge in [-0.1, -0.05) is 12.1 Å². The van der Waals surface area contributed by atoms with Gasteiger partial charge in [-0.2, -0.15) is 13.2 Å². The second-order valence-corrected chi connectivity index (χ2v) is 6.26. The van der Waals surface area contributed by atoms with Gasteiger partial charge in [0.15, 0.2) is 10.6 Å². The molecule has 0 bridgehead atoms. The van der Waals surface area contributed by atoms with Crippen molar-refractivity contribution in [2.75, 3.05) is 6.61 Å². The topological polar surface area (TPSA) is 78.6 Å². The van der Waals surface area contributed by atoms with Crippen LogP contribution in [0.2, 0.25) is 0 Å². The van der Waals surface area contributed by atoms with Crippen molar-refractivity contribution in [2.24, 2.45) is 0 Å². The van der Waals surface area contributed by atoms with Gasteiger partial charge >= 0.3 is 18.1 Å². The van der Waals surface area contributed by atoms with Gasteiger partial charge in [0.05, 0.1) is 12.0 Å². The van der Waals surface area contributed by atoms with Gasteiger partial charge in [0.2, 0.25) is 0 Å². The fraction of sp³-hybridized carbons (Fsp3) is 0.353. The quantitative estimate of drug-likeness (QED) is 0.616. The van der Waals surface area contributed by atoms with E-state index in [9.17, 15) is 22.8 Å². The Morgan fingerprint density at radius 3 is 2.33 bits per heavy atom. The van der Waals surface area contributed by atoms with Crippen molar-refractivity contribution < 1.29 is 36.7 Å². The molecule has 27 heavy (non-hydrogen) atoms. The SMILES string of the molecule is CC(=O)OCC(Cc1nc(-c2ccc(C(F)(F)F)cc2)c(Br)o1)OC(C)=O. The minimum atomic E-state index is -4.43. The predicted octanol–water partition coefficient (Wildman–Crippen LogP) is 4.16. The first-order valence-corrected chi connectivity index (χ1v) is 8.49. The zero-order chi connectivity index (χ0) is 20.2. The second-order valence-electron chi connectivity index (χ2n) is 5.54. The first kappa shape index (κ1) is 20.9. The van der Waals surface area contributed by atoms with Gasteiger partial charge in [-0.25, -0.2) is 4.98 Å². The molecule has 0 fully saturated rings. The number of hydrogen-bond donors (Lipinski definition) is 0. The Hall–Kier alpha value is -2.36. The summed E-state index contributed by atoms with van der Waals surface area (Å²) in [6, 6.07) is 4.44. The van der Waals surface area contributed by atoms with Gasteiger partial charge in [0.25, 0.3) is 0 Å². The summed E-state index contributed by atoms with van der Waals surface area (Å²) in [4.78, 5) is 26.3. The molecular weight excluding hydrogens is 435 g/mol. The molecule has 2 aromatic rings. The number of halogens is 4. The second kappa shape index (κ2) is 8.55. The third kappa shape index (κ3) is 6.09. The van der Waals surface area contributed by atoms with Crippen molar-refractivity contribution in [2.45, 2.75) is 32.5 Å². The lowest BCUT2D eigenvalue weighted by molar-refractivity contribution is -0.156. The van der Waals surface area contributed by atoms with E-state index in [4.69, 9.17) is 13.9 Å². The summed E-state index contributed by atoms with van der Waals surface area (Å²) in [7, 11) is 0. The molecule has 0 saturated carbocycles. The Morgan fingerprint density at radius 2 is 1.81 bits per heavy atom. The summed E-state index contributed by atoms with van der Waals surface area (Å²) in [6.07, 6.45) is -5.22. The largest absolute Gasteiger partial charge is 0.462 e. The fourth-order valence-electron chi connectivity index (χ4n) is 2.20. The fourth-order valence-corrected chi connectivity index (χ4v) is 2.70. The van der Waals surface area contributed by atoms with Crippen molar-refractivity contribution in [1.82, 2.24) is 4.98 Å². The normalized spacial score (nSPS) is 12.5. The van der Waals surface area contributed by atoms with E-state index in [1.165, 1.54) is 26.0 Å². The molecule has 0 N–H and O–H groups in total. The summed E-state index contributed by atoms with van der Waals surface area (Å²) < 4.78 is 53.5. The molecule has 0 spiro atoms. The van der Waals surface area contributed by atoms with Gasteiger partial charge in [-0.05, 0) is 28.1 Å². The van der Waals surface area contributed by atoms with Gasteiger partial charge in [-0.3, -0.25) is 9.59 Å². The first-order chi connectivity index (χ1) is 12.6. The van der Waals surface area contributed by atoms with E-state index in [1.807, 2.05) is 0 Å². The highest BCUT2D eigenvalue weighted by Crippen LogP contribution is 2.33. The number of carbonyl (C=O) groups is 2. The van der Waals surface area contributed by atoms with E-state index >= 15 is 0 Å². The monoisotopic (exact) mass is 449 g/mol. The van der Waals surface area contributed by atoms with Gasteiger partial charge in [0.1, 0.15) is 18.4 Å². The molecule has 1 aromatic heterocycles. The zero-order valence-corrected chi connectivity index (χ0v) is 15.9. The maximum absolute atomic E-state index is 12.7. The number of rotatable bonds is 6. The molecule has 1 heterocycles. The lowest BCUT2D eigenvalue weighted by atomic mass is 10.1. The van der Waals surface area contributed by atoms with E-state index in [-0.39, 0.29) is 23.6 Å². The molecule has 0 aliphatic heterocycles. The Bertz CT molecular complexity index is 817. The molecule has 10 heteroatoms. The molecule has 1 aromatic carbocycles. The van der Waals surface area contributed by atoms with Gasteiger partial charge < -0.3 is 13.9 Å². The van der Waals surface area contributed by atoms with Crippen LogP contribution in [0.4, 0.5) is 13.2 Å². The minimum Gasteiger partial charge on any atom is -0.462 e. The predicted molar refractivity (Wildman–Crippen MR) is 90.5 cm³/mol. The number of hydrogen-bond acceptors (Lipinski definition) is 6. The summed E-state index contributed by atoms with van der Waals surface area (Å²) in [5, 5.41) is 0. The van der Waals surface area contributed by atoms with E-state index in [2.05, 4.69) is 20.9 Å². The van der Waals surface area contributed by atoms with Crippen molar-refractivity contribution in [3.63, 3.8) is 0 Å². The number of carbonyl (C=O) groups excluding carboxylic acids is 2. The van der Waals surface area contributed by atoms with Gasteiger partial charge in [-0.15, -0.1) is 0 Å². The molecule has 2 rings (SSSR count). The third-order valence-corrected chi connectivity index (χ3v) is 3.86. The van der Waals surface area contributed by atoms with Crippen LogP contribution in [0.1, 0.15) is 25.3 Å². The standard InChI is InChI=1S/C17H15BrF3NO5/c1-9(23)25-8-13(26-10(2)24)7-14-22-15(16(18)27-14)11-3-5-12(6-4-11)17(19,20)21/h3-6,13H,7-8H2,1-2H3. The van der Waals surface area contributed by atoms with Crippen molar-refractivity contribution in [3.8, 4) is 11.3 Å². The number of esters is 2. The summed E-state index contributed by atoms with van der Waals surface area (Å²) in [5.41, 5.74) is -0.0657. The average molecular weight is 450 g/mol. The van der Waals surface area contributed by atoms with E-state index < -0.39 is 29.8 Å². The summed E-state index contributed by atoms with van der Waals surface area (Å²) in [6.45, 7) is 2.25. The molecule has 0 radical (unpaired) electrons. The molecule has 146 valence electrons. The molecule has 6 nitrogen and oxygen atoms in total. The zero-order valence-electron chi connectivity index (χ0n) is 14.3. The number of oxazole rings is 1. The van der Waals surface area contributed by atoms with Crippen molar-refractivity contribution in [1.29, 1.82) is 0 Å². The minimum absolute atomic E-state index is 0.0199. The van der Waals surface area contributed by atoms with Crippen LogP contribution in [0.5, 0.6) is 0 Å². The van der Waals surface area contributed by atoms with E-state index in [0.29, 0.717) is 11.3 Å².